The van der Waals surface area contributed by atoms with Crippen LogP contribution in [0.3, 0.4) is 0 Å². The Bertz CT molecular complexity index is 588. The molecule has 1 aliphatic rings. The Labute approximate surface area is 126 Å². The molecule has 0 saturated heterocycles. The summed E-state index contributed by atoms with van der Waals surface area (Å²) < 4.78 is 13.9. The Morgan fingerprint density at radius 3 is 2.24 bits per heavy atom. The normalized spacial score (nSPS) is 18.6. The highest BCUT2D eigenvalue weighted by molar-refractivity contribution is 5.31. The molecule has 0 radical (unpaired) electrons. The van der Waals surface area contributed by atoms with Crippen LogP contribution in [0.4, 0.5) is 4.39 Å². The van der Waals surface area contributed by atoms with Gasteiger partial charge < -0.3 is 5.73 Å². The Hall–Kier alpha value is -1.67. The van der Waals surface area contributed by atoms with E-state index in [0.717, 1.165) is 18.4 Å². The number of halogens is 1. The summed E-state index contributed by atoms with van der Waals surface area (Å²) >= 11 is 0. The lowest BCUT2D eigenvalue weighted by Gasteiger charge is -2.36. The highest BCUT2D eigenvalue weighted by Crippen LogP contribution is 2.44. The zero-order valence-electron chi connectivity index (χ0n) is 12.3. The van der Waals surface area contributed by atoms with Crippen LogP contribution < -0.4 is 5.73 Å². The van der Waals surface area contributed by atoms with Gasteiger partial charge in [-0.25, -0.2) is 4.39 Å². The van der Waals surface area contributed by atoms with Crippen molar-refractivity contribution < 1.29 is 4.39 Å². The van der Waals surface area contributed by atoms with Crippen molar-refractivity contribution in [3.63, 3.8) is 0 Å². The van der Waals surface area contributed by atoms with E-state index in [1.54, 1.807) is 6.07 Å². The van der Waals surface area contributed by atoms with Crippen molar-refractivity contribution in [2.45, 2.75) is 43.6 Å². The van der Waals surface area contributed by atoms with Gasteiger partial charge >= 0.3 is 0 Å². The first-order valence-corrected chi connectivity index (χ1v) is 7.77. The Kier molecular flexibility index (Phi) is 4.07. The van der Waals surface area contributed by atoms with Crippen molar-refractivity contribution in [1.82, 2.24) is 0 Å². The molecule has 2 aromatic rings. The first-order valence-electron chi connectivity index (χ1n) is 7.77. The fourth-order valence-corrected chi connectivity index (χ4v) is 3.75. The summed E-state index contributed by atoms with van der Waals surface area (Å²) in [6.45, 7) is 0. The van der Waals surface area contributed by atoms with E-state index in [1.807, 2.05) is 18.2 Å². The zero-order valence-corrected chi connectivity index (χ0v) is 12.3. The van der Waals surface area contributed by atoms with Crippen LogP contribution >= 0.6 is 0 Å². The van der Waals surface area contributed by atoms with E-state index in [1.165, 1.54) is 24.5 Å². The van der Waals surface area contributed by atoms with Crippen LogP contribution in [0.25, 0.3) is 0 Å². The number of nitrogens with two attached hydrogens (primary N) is 1. The second kappa shape index (κ2) is 5.98. The molecule has 1 nitrogen and oxygen atoms in total. The van der Waals surface area contributed by atoms with Crippen LogP contribution in [0.2, 0.25) is 0 Å². The van der Waals surface area contributed by atoms with E-state index in [-0.39, 0.29) is 17.3 Å². The summed E-state index contributed by atoms with van der Waals surface area (Å²) in [4.78, 5) is 0. The van der Waals surface area contributed by atoms with Gasteiger partial charge in [0, 0.05) is 11.5 Å². The van der Waals surface area contributed by atoms with Gasteiger partial charge in [0.25, 0.3) is 0 Å². The van der Waals surface area contributed by atoms with E-state index in [4.69, 9.17) is 5.73 Å². The highest BCUT2D eigenvalue weighted by Gasteiger charge is 2.40. The lowest BCUT2D eigenvalue weighted by Crippen LogP contribution is -2.45. The monoisotopic (exact) mass is 283 g/mol. The quantitative estimate of drug-likeness (QED) is 0.893. The second-order valence-electron chi connectivity index (χ2n) is 6.13. The lowest BCUT2D eigenvalue weighted by molar-refractivity contribution is 0.344. The molecule has 0 spiro atoms. The summed E-state index contributed by atoms with van der Waals surface area (Å²) in [6.07, 6.45) is 5.22. The van der Waals surface area contributed by atoms with Crippen molar-refractivity contribution in [1.29, 1.82) is 0 Å². The van der Waals surface area contributed by atoms with Gasteiger partial charge in [-0.05, 0) is 36.5 Å². The van der Waals surface area contributed by atoms with Gasteiger partial charge in [-0.3, -0.25) is 0 Å². The summed E-state index contributed by atoms with van der Waals surface area (Å²) in [5, 5.41) is 0. The first kappa shape index (κ1) is 14.3. The largest absolute Gasteiger partial charge is 0.327 e. The number of hydrogen-bond donors (Lipinski definition) is 1. The SMILES string of the molecule is NC(Cc1ccccc1F)C1(c2ccccc2)CCCC1. The first-order chi connectivity index (χ1) is 10.2. The van der Waals surface area contributed by atoms with Gasteiger partial charge in [0.2, 0.25) is 0 Å². The average molecular weight is 283 g/mol. The molecule has 110 valence electrons. The molecule has 1 unspecified atom stereocenters. The third-order valence-corrected chi connectivity index (χ3v) is 4.95. The Balaban J connectivity index is 1.90. The molecule has 2 N–H and O–H groups in total. The van der Waals surface area contributed by atoms with Gasteiger partial charge in [0.05, 0.1) is 0 Å². The molecule has 3 rings (SSSR count). The average Bonchev–Trinajstić information content (AvgIpc) is 3.01. The molecular weight excluding hydrogens is 261 g/mol. The fraction of sp³-hybridized carbons (Fsp3) is 0.368. The molecule has 1 saturated carbocycles. The van der Waals surface area contributed by atoms with E-state index in [0.29, 0.717) is 6.42 Å². The van der Waals surface area contributed by atoms with Crippen LogP contribution in [0, 0.1) is 5.82 Å². The van der Waals surface area contributed by atoms with Crippen molar-refractivity contribution in [2.24, 2.45) is 5.73 Å². The minimum absolute atomic E-state index is 0.00351. The summed E-state index contributed by atoms with van der Waals surface area (Å²) in [7, 11) is 0. The third kappa shape index (κ3) is 2.73. The molecule has 0 heterocycles. The van der Waals surface area contributed by atoms with Crippen molar-refractivity contribution in [3.05, 3.63) is 71.5 Å². The van der Waals surface area contributed by atoms with Gasteiger partial charge in [0.15, 0.2) is 0 Å². The molecule has 1 fully saturated rings. The highest BCUT2D eigenvalue weighted by atomic mass is 19.1. The molecule has 0 bridgehead atoms. The summed E-state index contributed by atoms with van der Waals surface area (Å²) in [5.41, 5.74) is 8.62. The molecule has 2 aromatic carbocycles. The molecule has 0 aliphatic heterocycles. The molecule has 1 atom stereocenters. The van der Waals surface area contributed by atoms with Crippen LogP contribution in [0.15, 0.2) is 54.6 Å². The maximum Gasteiger partial charge on any atom is 0.126 e. The Morgan fingerprint density at radius 1 is 0.952 bits per heavy atom. The standard InChI is InChI=1S/C19H22FN/c20-17-11-5-4-8-15(17)14-18(21)19(12-6-7-13-19)16-9-2-1-3-10-16/h1-5,8-11,18H,6-7,12-14,21H2. The number of rotatable bonds is 4. The van der Waals surface area contributed by atoms with Crippen LogP contribution in [0.1, 0.15) is 36.8 Å². The van der Waals surface area contributed by atoms with E-state index in [9.17, 15) is 4.39 Å². The van der Waals surface area contributed by atoms with Gasteiger partial charge in [-0.15, -0.1) is 0 Å². The minimum Gasteiger partial charge on any atom is -0.327 e. The second-order valence-corrected chi connectivity index (χ2v) is 6.13. The molecule has 21 heavy (non-hydrogen) atoms. The minimum atomic E-state index is -0.144. The van der Waals surface area contributed by atoms with E-state index >= 15 is 0 Å². The van der Waals surface area contributed by atoms with E-state index in [2.05, 4.69) is 24.3 Å². The maximum absolute atomic E-state index is 13.9. The zero-order chi connectivity index (χ0) is 14.7. The van der Waals surface area contributed by atoms with Crippen LogP contribution in [-0.4, -0.2) is 6.04 Å². The van der Waals surface area contributed by atoms with Crippen molar-refractivity contribution in [2.75, 3.05) is 0 Å². The lowest BCUT2D eigenvalue weighted by atomic mass is 9.71. The van der Waals surface area contributed by atoms with Crippen molar-refractivity contribution in [3.8, 4) is 0 Å². The topological polar surface area (TPSA) is 26.0 Å². The molecule has 0 aromatic heterocycles. The molecule has 1 aliphatic carbocycles. The predicted molar refractivity (Wildman–Crippen MR) is 84.7 cm³/mol. The predicted octanol–water partition coefficient (Wildman–Crippen LogP) is 4.21. The Morgan fingerprint density at radius 2 is 1.57 bits per heavy atom. The molecule has 2 heteroatoms. The summed E-state index contributed by atoms with van der Waals surface area (Å²) in [5.74, 6) is -0.144. The summed E-state index contributed by atoms with van der Waals surface area (Å²) in [6, 6.07) is 17.5. The molecule has 0 amide bonds. The van der Waals surface area contributed by atoms with Crippen LogP contribution in [0.5, 0.6) is 0 Å². The van der Waals surface area contributed by atoms with Gasteiger partial charge in [-0.2, -0.15) is 0 Å². The fourth-order valence-electron chi connectivity index (χ4n) is 3.75. The molecular formula is C19H22FN. The smallest absolute Gasteiger partial charge is 0.126 e. The van der Waals surface area contributed by atoms with Crippen molar-refractivity contribution >= 4 is 0 Å². The maximum atomic E-state index is 13.9. The van der Waals surface area contributed by atoms with E-state index < -0.39 is 0 Å². The number of hydrogen-bond acceptors (Lipinski definition) is 1. The third-order valence-electron chi connectivity index (χ3n) is 4.95. The van der Waals surface area contributed by atoms with Gasteiger partial charge in [-0.1, -0.05) is 61.4 Å². The number of benzene rings is 2. The van der Waals surface area contributed by atoms with Crippen LogP contribution in [-0.2, 0) is 11.8 Å². The van der Waals surface area contributed by atoms with Gasteiger partial charge in [0.1, 0.15) is 5.82 Å².